The molecule has 0 spiro atoms. The predicted octanol–water partition coefficient (Wildman–Crippen LogP) is 2.92. The van der Waals surface area contributed by atoms with Gasteiger partial charge >= 0.3 is 0 Å². The maximum Gasteiger partial charge on any atom is 0.255 e. The normalized spacial score (nSPS) is 18.2. The lowest BCUT2D eigenvalue weighted by molar-refractivity contribution is -0.136. The number of imide groups is 1. The molecule has 1 fully saturated rings. The van der Waals surface area contributed by atoms with Crippen molar-refractivity contribution in [3.05, 3.63) is 59.3 Å². The van der Waals surface area contributed by atoms with E-state index < -0.39 is 11.9 Å². The summed E-state index contributed by atoms with van der Waals surface area (Å²) < 4.78 is 5.51. The smallest absolute Gasteiger partial charge is 0.255 e. The largest absolute Gasteiger partial charge is 0.496 e. The molecule has 0 bridgehead atoms. The van der Waals surface area contributed by atoms with Crippen molar-refractivity contribution in [2.75, 3.05) is 12.4 Å². The molecular formula is C26H22N6O4. The molecule has 3 amide bonds. The number of rotatable bonds is 5. The number of ether oxygens (including phenoxy) is 1. The first-order valence-electron chi connectivity index (χ1n) is 11.6. The summed E-state index contributed by atoms with van der Waals surface area (Å²) in [4.78, 5) is 52.7. The molecule has 1 saturated heterocycles. The lowest BCUT2D eigenvalue weighted by Crippen LogP contribution is -2.52. The van der Waals surface area contributed by atoms with Crippen LogP contribution in [-0.4, -0.2) is 52.0 Å². The van der Waals surface area contributed by atoms with Gasteiger partial charge in [-0.25, -0.2) is 9.97 Å². The van der Waals surface area contributed by atoms with Crippen LogP contribution in [0.2, 0.25) is 0 Å². The fourth-order valence-electron chi connectivity index (χ4n) is 4.87. The van der Waals surface area contributed by atoms with E-state index >= 15 is 0 Å². The highest BCUT2D eigenvalue weighted by Crippen LogP contribution is 2.39. The quantitative estimate of drug-likeness (QED) is 0.536. The fraction of sp³-hybridized carbons (Fsp3) is 0.231. The van der Waals surface area contributed by atoms with E-state index in [0.717, 1.165) is 16.8 Å². The van der Waals surface area contributed by atoms with E-state index in [9.17, 15) is 14.4 Å². The van der Waals surface area contributed by atoms with Crippen molar-refractivity contribution in [3.8, 4) is 17.1 Å². The average Bonchev–Trinajstić information content (AvgIpc) is 3.49. The number of hydrogen-bond acceptors (Lipinski definition) is 8. The molecule has 2 N–H and O–H groups in total. The summed E-state index contributed by atoms with van der Waals surface area (Å²) in [5.74, 6) is 0.707. The van der Waals surface area contributed by atoms with Gasteiger partial charge in [-0.3, -0.25) is 24.7 Å². The molecule has 2 aromatic carbocycles. The Hall–Kier alpha value is -4.60. The van der Waals surface area contributed by atoms with Crippen LogP contribution in [0.3, 0.4) is 0 Å². The molecule has 3 aromatic rings. The first-order valence-corrected chi connectivity index (χ1v) is 11.6. The van der Waals surface area contributed by atoms with Gasteiger partial charge in [0, 0.05) is 42.4 Å². The average molecular weight is 483 g/mol. The van der Waals surface area contributed by atoms with Gasteiger partial charge in [0.1, 0.15) is 17.5 Å². The Balaban J connectivity index is 1.36. The number of aromatic nitrogens is 2. The second-order valence-corrected chi connectivity index (χ2v) is 8.76. The summed E-state index contributed by atoms with van der Waals surface area (Å²) in [7, 11) is 1.60. The van der Waals surface area contributed by atoms with Crippen LogP contribution < -0.4 is 15.4 Å². The standard InChI is InChI=1S/C26H22N6O4/c1-36-20-8-3-2-5-15(20)23-29-18-11-12-27-22(18)24(31-23)28-17-7-4-6-14-16(17)13-32(26(14)35)19-9-10-21(33)30-25(19)34/h2-8,12,19H,9-11,13H2,1H3,(H,28,29,31)(H,30,33,34). The zero-order valence-electron chi connectivity index (χ0n) is 19.4. The molecule has 180 valence electrons. The summed E-state index contributed by atoms with van der Waals surface area (Å²) >= 11 is 0. The number of aliphatic imine (C=N–C) groups is 1. The van der Waals surface area contributed by atoms with Gasteiger partial charge in [-0.05, 0) is 30.7 Å². The van der Waals surface area contributed by atoms with Crippen molar-refractivity contribution < 1.29 is 19.1 Å². The zero-order valence-corrected chi connectivity index (χ0v) is 19.4. The number of fused-ring (bicyclic) bond motifs is 2. The molecular weight excluding hydrogens is 460 g/mol. The molecule has 1 atom stereocenters. The summed E-state index contributed by atoms with van der Waals surface area (Å²) in [5, 5.41) is 5.71. The summed E-state index contributed by atoms with van der Waals surface area (Å²) in [6.07, 6.45) is 2.89. The van der Waals surface area contributed by atoms with E-state index in [1.54, 1.807) is 25.5 Å². The Kier molecular flexibility index (Phi) is 5.21. The minimum atomic E-state index is -0.680. The molecule has 3 aliphatic rings. The molecule has 6 rings (SSSR count). The van der Waals surface area contributed by atoms with E-state index in [2.05, 4.69) is 15.6 Å². The molecule has 3 aliphatic heterocycles. The predicted molar refractivity (Wildman–Crippen MR) is 132 cm³/mol. The van der Waals surface area contributed by atoms with E-state index in [1.807, 2.05) is 30.3 Å². The van der Waals surface area contributed by atoms with Gasteiger partial charge in [-0.1, -0.05) is 18.2 Å². The Morgan fingerprint density at radius 3 is 2.72 bits per heavy atom. The third-order valence-corrected chi connectivity index (χ3v) is 6.64. The van der Waals surface area contributed by atoms with Crippen molar-refractivity contribution in [3.63, 3.8) is 0 Å². The lowest BCUT2D eigenvalue weighted by Gasteiger charge is -2.29. The molecule has 0 radical (unpaired) electrons. The SMILES string of the molecule is COc1ccccc1-c1nc2c(c(Nc3cccc4c3CN(C3CCC(=O)NC3=O)C4=O)n1)N=CC2. The second-order valence-electron chi connectivity index (χ2n) is 8.76. The van der Waals surface area contributed by atoms with Crippen molar-refractivity contribution in [2.45, 2.75) is 31.8 Å². The number of amides is 3. The summed E-state index contributed by atoms with van der Waals surface area (Å²) in [6.45, 7) is 0.250. The Morgan fingerprint density at radius 1 is 1.06 bits per heavy atom. The Bertz CT molecular complexity index is 1470. The lowest BCUT2D eigenvalue weighted by atomic mass is 10.0. The maximum absolute atomic E-state index is 13.2. The van der Waals surface area contributed by atoms with Crippen LogP contribution in [-0.2, 0) is 22.6 Å². The van der Waals surface area contributed by atoms with Crippen LogP contribution in [0.1, 0.15) is 34.5 Å². The number of nitrogens with zero attached hydrogens (tertiary/aromatic N) is 4. The number of carbonyl (C=O) groups is 3. The van der Waals surface area contributed by atoms with Crippen molar-refractivity contribution in [1.29, 1.82) is 0 Å². The summed E-state index contributed by atoms with van der Waals surface area (Å²) in [6, 6.07) is 12.3. The third kappa shape index (κ3) is 3.58. The van der Waals surface area contributed by atoms with Crippen LogP contribution in [0.25, 0.3) is 11.4 Å². The van der Waals surface area contributed by atoms with Crippen molar-refractivity contribution in [2.24, 2.45) is 4.99 Å². The van der Waals surface area contributed by atoms with E-state index in [4.69, 9.17) is 14.7 Å². The molecule has 1 aromatic heterocycles. The van der Waals surface area contributed by atoms with E-state index in [1.165, 1.54) is 4.90 Å². The van der Waals surface area contributed by atoms with E-state index in [0.29, 0.717) is 47.2 Å². The van der Waals surface area contributed by atoms with Gasteiger partial charge in [0.2, 0.25) is 11.8 Å². The number of anilines is 2. The third-order valence-electron chi connectivity index (χ3n) is 6.64. The molecule has 10 heteroatoms. The highest BCUT2D eigenvalue weighted by molar-refractivity contribution is 6.06. The molecule has 0 saturated carbocycles. The maximum atomic E-state index is 13.2. The topological polar surface area (TPSA) is 126 Å². The summed E-state index contributed by atoms with van der Waals surface area (Å²) in [5.41, 5.74) is 4.18. The first-order chi connectivity index (χ1) is 17.5. The molecule has 36 heavy (non-hydrogen) atoms. The number of hydrogen-bond donors (Lipinski definition) is 2. The van der Waals surface area contributed by atoms with Gasteiger partial charge in [0.25, 0.3) is 5.91 Å². The minimum absolute atomic E-state index is 0.207. The van der Waals surface area contributed by atoms with Gasteiger partial charge in [0.05, 0.1) is 18.4 Å². The van der Waals surface area contributed by atoms with Crippen molar-refractivity contribution in [1.82, 2.24) is 20.2 Å². The molecule has 1 unspecified atom stereocenters. The van der Waals surface area contributed by atoms with Crippen molar-refractivity contribution >= 4 is 41.1 Å². The van der Waals surface area contributed by atoms with Gasteiger partial charge in [-0.2, -0.15) is 0 Å². The highest BCUT2D eigenvalue weighted by atomic mass is 16.5. The Labute approximate surface area is 206 Å². The van der Waals surface area contributed by atoms with Crippen LogP contribution in [0.5, 0.6) is 5.75 Å². The number of piperidine rings is 1. The van der Waals surface area contributed by atoms with Crippen LogP contribution in [0.15, 0.2) is 47.5 Å². The fourth-order valence-corrected chi connectivity index (χ4v) is 4.87. The second kappa shape index (κ2) is 8.56. The van der Waals surface area contributed by atoms with Gasteiger partial charge < -0.3 is 15.0 Å². The Morgan fingerprint density at radius 2 is 1.89 bits per heavy atom. The number of benzene rings is 2. The molecule has 10 nitrogen and oxygen atoms in total. The minimum Gasteiger partial charge on any atom is -0.496 e. The van der Waals surface area contributed by atoms with E-state index in [-0.39, 0.29) is 24.8 Å². The molecule has 0 aliphatic carbocycles. The molecule has 4 heterocycles. The monoisotopic (exact) mass is 482 g/mol. The van der Waals surface area contributed by atoms with Crippen LogP contribution in [0.4, 0.5) is 17.2 Å². The first kappa shape index (κ1) is 21.9. The number of para-hydroxylation sites is 1. The van der Waals surface area contributed by atoms with Gasteiger partial charge in [0.15, 0.2) is 11.6 Å². The van der Waals surface area contributed by atoms with Gasteiger partial charge in [-0.15, -0.1) is 0 Å². The number of methoxy groups -OCH3 is 1. The van der Waals surface area contributed by atoms with Crippen LogP contribution in [0, 0.1) is 0 Å². The number of nitrogens with one attached hydrogen (secondary N) is 2. The highest BCUT2D eigenvalue weighted by Gasteiger charge is 2.40. The number of carbonyl (C=O) groups excluding carboxylic acids is 3. The van der Waals surface area contributed by atoms with Crippen LogP contribution >= 0.6 is 0 Å². The zero-order chi connectivity index (χ0) is 24.8.